The van der Waals surface area contributed by atoms with Crippen LogP contribution in [0.25, 0.3) is 0 Å². The van der Waals surface area contributed by atoms with E-state index in [1.54, 1.807) is 24.3 Å². The number of carbonyl (C=O) groups excluding carboxylic acids is 4. The molecule has 192 valence electrons. The quantitative estimate of drug-likeness (QED) is 0.263. The van der Waals surface area contributed by atoms with E-state index in [0.717, 1.165) is 6.08 Å². The highest BCUT2D eigenvalue weighted by Gasteiger charge is 2.56. The molecule has 1 aliphatic carbocycles. The first-order valence-electron chi connectivity index (χ1n) is 11.4. The summed E-state index contributed by atoms with van der Waals surface area (Å²) < 4.78 is 11.0. The molecule has 1 heterocycles. The van der Waals surface area contributed by atoms with Crippen LogP contribution in [0.1, 0.15) is 42.3 Å². The lowest BCUT2D eigenvalue weighted by Gasteiger charge is -2.29. The maximum atomic E-state index is 13.8. The highest BCUT2D eigenvalue weighted by Crippen LogP contribution is 2.57. The van der Waals surface area contributed by atoms with Crippen molar-refractivity contribution in [3.05, 3.63) is 64.1 Å². The average molecular weight is 507 g/mol. The van der Waals surface area contributed by atoms with E-state index >= 15 is 0 Å². The Hall–Kier alpha value is -4.60. The number of methoxy groups -OCH3 is 1. The Labute approximate surface area is 212 Å². The Kier molecular flexibility index (Phi) is 6.29. The van der Waals surface area contributed by atoms with Crippen molar-refractivity contribution in [1.29, 1.82) is 0 Å². The summed E-state index contributed by atoms with van der Waals surface area (Å²) in [6.45, 7) is 5.34. The number of allylic oxidation sites excluding steroid dienone is 4. The average Bonchev–Trinajstić information content (AvgIpc) is 3.14. The van der Waals surface area contributed by atoms with Crippen molar-refractivity contribution in [2.75, 3.05) is 19.0 Å². The van der Waals surface area contributed by atoms with Gasteiger partial charge < -0.3 is 30.3 Å². The summed E-state index contributed by atoms with van der Waals surface area (Å²) >= 11 is 0. The van der Waals surface area contributed by atoms with Gasteiger partial charge in [0.25, 0.3) is 0 Å². The summed E-state index contributed by atoms with van der Waals surface area (Å²) in [6.07, 6.45) is 1.12. The molecule has 0 radical (unpaired) electrons. The van der Waals surface area contributed by atoms with Crippen LogP contribution >= 0.6 is 0 Å². The number of amides is 1. The van der Waals surface area contributed by atoms with Crippen LogP contribution in [0.2, 0.25) is 0 Å². The minimum Gasteiger partial charge on any atom is -0.507 e. The van der Waals surface area contributed by atoms with Crippen LogP contribution in [-0.4, -0.2) is 47.1 Å². The second kappa shape index (κ2) is 9.12. The Morgan fingerprint density at radius 1 is 1.11 bits per heavy atom. The molecule has 2 aliphatic rings. The van der Waals surface area contributed by atoms with Crippen LogP contribution in [0.5, 0.6) is 23.0 Å². The van der Waals surface area contributed by atoms with Crippen LogP contribution in [0.15, 0.2) is 47.4 Å². The first kappa shape index (κ1) is 25.5. The van der Waals surface area contributed by atoms with Crippen LogP contribution in [0.4, 0.5) is 5.69 Å². The number of nitrogens with one attached hydrogen (secondary N) is 2. The molecule has 0 bridgehead atoms. The third-order valence-corrected chi connectivity index (χ3v) is 6.65. The van der Waals surface area contributed by atoms with E-state index in [2.05, 4.69) is 10.6 Å². The number of Topliss-reactive ketones (excluding diaryl/α,β-unsaturated/α-hetero) is 2. The summed E-state index contributed by atoms with van der Waals surface area (Å²) in [6, 6.07) is 6.85. The molecule has 0 saturated carbocycles. The third-order valence-electron chi connectivity index (χ3n) is 6.65. The molecule has 0 saturated heterocycles. The van der Waals surface area contributed by atoms with Gasteiger partial charge >= 0.3 is 0 Å². The number of carbonyl (C=O) groups is 4. The SMILES string of the molecule is COc1ccccc1NC(=O)CN/C(C)=C1\C(=O)C=C2Oc3c(C(C)=O)c(O)c(C)c(O)c3[C@@]2(C)C1=O. The van der Waals surface area contributed by atoms with Gasteiger partial charge in [0, 0.05) is 17.3 Å². The fraction of sp³-hybridized carbons (Fsp3) is 0.259. The number of phenols is 2. The molecule has 37 heavy (non-hydrogen) atoms. The number of ketones is 3. The van der Waals surface area contributed by atoms with Gasteiger partial charge in [0.15, 0.2) is 17.3 Å². The normalized spacial score (nSPS) is 19.3. The Bertz CT molecular complexity index is 1450. The number of hydrogen-bond donors (Lipinski definition) is 4. The smallest absolute Gasteiger partial charge is 0.243 e. The second-order valence-electron chi connectivity index (χ2n) is 8.99. The summed E-state index contributed by atoms with van der Waals surface area (Å²) in [5, 5.41) is 26.8. The number of phenolic OH excluding ortho intramolecular Hbond substituents is 2. The first-order valence-corrected chi connectivity index (χ1v) is 11.4. The summed E-state index contributed by atoms with van der Waals surface area (Å²) in [4.78, 5) is 51.5. The molecule has 0 unspecified atom stereocenters. The van der Waals surface area contributed by atoms with Gasteiger partial charge in [-0.3, -0.25) is 19.2 Å². The van der Waals surface area contributed by atoms with Gasteiger partial charge in [-0.2, -0.15) is 0 Å². The Morgan fingerprint density at radius 2 is 1.78 bits per heavy atom. The molecule has 1 aliphatic heterocycles. The van der Waals surface area contributed by atoms with Crippen molar-refractivity contribution in [3.8, 4) is 23.0 Å². The van der Waals surface area contributed by atoms with Gasteiger partial charge in [-0.1, -0.05) is 12.1 Å². The molecule has 4 rings (SSSR count). The maximum absolute atomic E-state index is 13.8. The molecular weight excluding hydrogens is 480 g/mol. The zero-order chi connectivity index (χ0) is 27.2. The number of anilines is 1. The summed E-state index contributed by atoms with van der Waals surface area (Å²) in [5.41, 5.74) is -1.42. The summed E-state index contributed by atoms with van der Waals surface area (Å²) in [5.74, 6) is -2.94. The Morgan fingerprint density at radius 3 is 2.43 bits per heavy atom. The Balaban J connectivity index is 1.68. The number of para-hydroxylation sites is 2. The largest absolute Gasteiger partial charge is 0.507 e. The van der Waals surface area contributed by atoms with Crippen LogP contribution in [0, 0.1) is 6.92 Å². The second-order valence-corrected chi connectivity index (χ2v) is 8.99. The molecule has 0 fully saturated rings. The van der Waals surface area contributed by atoms with Crippen molar-refractivity contribution >= 4 is 28.9 Å². The highest BCUT2D eigenvalue weighted by atomic mass is 16.5. The fourth-order valence-electron chi connectivity index (χ4n) is 4.61. The number of aromatic hydroxyl groups is 2. The zero-order valence-electron chi connectivity index (χ0n) is 20.9. The lowest BCUT2D eigenvalue weighted by Crippen LogP contribution is -2.41. The van der Waals surface area contributed by atoms with Gasteiger partial charge in [-0.15, -0.1) is 0 Å². The van der Waals surface area contributed by atoms with Gasteiger partial charge in [0.05, 0.1) is 30.5 Å². The van der Waals surface area contributed by atoms with Gasteiger partial charge in [-0.25, -0.2) is 0 Å². The zero-order valence-corrected chi connectivity index (χ0v) is 20.9. The first-order chi connectivity index (χ1) is 17.4. The minimum absolute atomic E-state index is 0.00374. The summed E-state index contributed by atoms with van der Waals surface area (Å²) in [7, 11) is 1.48. The fourth-order valence-corrected chi connectivity index (χ4v) is 4.61. The molecule has 1 amide bonds. The van der Waals surface area contributed by atoms with E-state index in [0.29, 0.717) is 11.4 Å². The van der Waals surface area contributed by atoms with Gasteiger partial charge in [-0.05, 0) is 39.8 Å². The number of benzene rings is 2. The molecule has 4 N–H and O–H groups in total. The van der Waals surface area contributed by atoms with E-state index < -0.39 is 40.2 Å². The van der Waals surface area contributed by atoms with Crippen molar-refractivity contribution in [1.82, 2.24) is 5.32 Å². The number of hydrogen-bond acceptors (Lipinski definition) is 9. The van der Waals surface area contributed by atoms with Crippen molar-refractivity contribution in [2.45, 2.75) is 33.1 Å². The minimum atomic E-state index is -1.63. The van der Waals surface area contributed by atoms with E-state index in [1.807, 2.05) is 0 Å². The molecule has 0 spiro atoms. The number of rotatable bonds is 6. The third kappa shape index (κ3) is 3.90. The molecule has 2 aromatic rings. The van der Waals surface area contributed by atoms with Gasteiger partial charge in [0.2, 0.25) is 5.91 Å². The van der Waals surface area contributed by atoms with Crippen LogP contribution < -0.4 is 20.1 Å². The van der Waals surface area contributed by atoms with E-state index in [-0.39, 0.29) is 46.0 Å². The molecular formula is C27H26N2O8. The van der Waals surface area contributed by atoms with Crippen molar-refractivity contribution < 1.29 is 38.9 Å². The maximum Gasteiger partial charge on any atom is 0.243 e. The van der Waals surface area contributed by atoms with E-state index in [1.165, 1.54) is 34.8 Å². The van der Waals surface area contributed by atoms with Crippen molar-refractivity contribution in [2.24, 2.45) is 0 Å². The standard InChI is InChI=1S/C27H26N2O8/c1-12-23(33)21(14(3)30)25-22(24(12)34)27(4)18(37-25)10-16(31)20(26(27)35)13(2)28-11-19(32)29-15-8-6-7-9-17(15)36-5/h6-10,28,33-34H,11H2,1-5H3,(H,29,32)/b20-13+/t27-/m0/s1. The van der Waals surface area contributed by atoms with Gasteiger partial charge in [0.1, 0.15) is 39.7 Å². The topological polar surface area (TPSA) is 151 Å². The molecule has 0 aromatic heterocycles. The van der Waals surface area contributed by atoms with E-state index in [4.69, 9.17) is 9.47 Å². The number of fused-ring (bicyclic) bond motifs is 3. The molecule has 10 nitrogen and oxygen atoms in total. The predicted molar refractivity (Wildman–Crippen MR) is 133 cm³/mol. The van der Waals surface area contributed by atoms with Crippen LogP contribution in [-0.2, 0) is 19.8 Å². The number of ether oxygens (including phenoxy) is 2. The molecule has 1 atom stereocenters. The monoisotopic (exact) mass is 506 g/mol. The highest BCUT2D eigenvalue weighted by molar-refractivity contribution is 6.31. The van der Waals surface area contributed by atoms with Crippen molar-refractivity contribution in [3.63, 3.8) is 0 Å². The molecule has 2 aromatic carbocycles. The van der Waals surface area contributed by atoms with Crippen LogP contribution in [0.3, 0.4) is 0 Å². The van der Waals surface area contributed by atoms with E-state index in [9.17, 15) is 29.4 Å². The lowest BCUT2D eigenvalue weighted by atomic mass is 9.70. The predicted octanol–water partition coefficient (Wildman–Crippen LogP) is 2.81. The lowest BCUT2D eigenvalue weighted by molar-refractivity contribution is -0.124. The molecule has 10 heteroatoms.